The molecule has 2 nitrogen and oxygen atoms in total. The summed E-state index contributed by atoms with van der Waals surface area (Å²) in [4.78, 5) is 2.68. The number of hydrogen-bond acceptors (Lipinski definition) is 3. The molecule has 0 spiro atoms. The van der Waals surface area contributed by atoms with Gasteiger partial charge in [0.05, 0.1) is 5.60 Å². The van der Waals surface area contributed by atoms with E-state index in [0.29, 0.717) is 0 Å². The summed E-state index contributed by atoms with van der Waals surface area (Å²) in [7, 11) is 0. The van der Waals surface area contributed by atoms with Gasteiger partial charge in [0.25, 0.3) is 0 Å². The van der Waals surface area contributed by atoms with Crippen molar-refractivity contribution in [3.63, 3.8) is 0 Å². The van der Waals surface area contributed by atoms with Gasteiger partial charge in [-0.3, -0.25) is 0 Å². The topological polar surface area (TPSA) is 21.3 Å². The van der Waals surface area contributed by atoms with Gasteiger partial charge in [0, 0.05) is 29.5 Å². The molecule has 0 atom stereocenters. The molecule has 0 aliphatic rings. The van der Waals surface area contributed by atoms with Gasteiger partial charge in [0.1, 0.15) is 0 Å². The highest BCUT2D eigenvalue weighted by atomic mass is 32.1. The molecule has 0 aliphatic heterocycles. The molecule has 0 saturated heterocycles. The Bertz CT molecular complexity index is 519. The minimum absolute atomic E-state index is 0.103. The highest BCUT2D eigenvalue weighted by Gasteiger charge is 2.16. The molecule has 1 N–H and O–H groups in total. The van der Waals surface area contributed by atoms with Crippen LogP contribution in [-0.2, 0) is 11.3 Å². The van der Waals surface area contributed by atoms with E-state index in [-0.39, 0.29) is 5.60 Å². The summed E-state index contributed by atoms with van der Waals surface area (Å²) in [6.07, 6.45) is 0. The van der Waals surface area contributed by atoms with Crippen LogP contribution in [0.4, 0.5) is 0 Å². The van der Waals surface area contributed by atoms with E-state index in [2.05, 4.69) is 61.6 Å². The molecule has 0 bridgehead atoms. The third kappa shape index (κ3) is 4.44. The number of hydrogen-bond donors (Lipinski definition) is 1. The Kier molecular flexibility index (Phi) is 5.35. The molecule has 0 aliphatic carbocycles. The SMILES string of the molecule is CCOC(C)(C)CNCc1ccc(-c2ccccc2)s1. The lowest BCUT2D eigenvalue weighted by molar-refractivity contribution is -0.00893. The maximum atomic E-state index is 5.68. The van der Waals surface area contributed by atoms with Crippen molar-refractivity contribution in [1.29, 1.82) is 0 Å². The molecule has 0 saturated carbocycles. The molecule has 2 rings (SSSR count). The first-order chi connectivity index (χ1) is 9.61. The van der Waals surface area contributed by atoms with E-state index in [1.807, 2.05) is 18.3 Å². The molecule has 1 aromatic carbocycles. The number of rotatable bonds is 7. The van der Waals surface area contributed by atoms with Crippen molar-refractivity contribution in [2.24, 2.45) is 0 Å². The molecule has 0 amide bonds. The van der Waals surface area contributed by atoms with Gasteiger partial charge in [-0.1, -0.05) is 30.3 Å². The van der Waals surface area contributed by atoms with Gasteiger partial charge in [0.2, 0.25) is 0 Å². The van der Waals surface area contributed by atoms with E-state index < -0.39 is 0 Å². The second-order valence-corrected chi connectivity index (χ2v) is 6.60. The van der Waals surface area contributed by atoms with Crippen LogP contribution in [0.25, 0.3) is 10.4 Å². The lowest BCUT2D eigenvalue weighted by Crippen LogP contribution is -2.37. The fourth-order valence-electron chi connectivity index (χ4n) is 2.16. The summed E-state index contributed by atoms with van der Waals surface area (Å²) in [5.41, 5.74) is 1.19. The van der Waals surface area contributed by atoms with E-state index in [9.17, 15) is 0 Å². The fourth-order valence-corrected chi connectivity index (χ4v) is 3.14. The first kappa shape index (κ1) is 15.2. The molecule has 0 fully saturated rings. The Morgan fingerprint density at radius 1 is 1.10 bits per heavy atom. The Morgan fingerprint density at radius 3 is 2.55 bits per heavy atom. The minimum atomic E-state index is -0.103. The third-order valence-electron chi connectivity index (χ3n) is 3.10. The van der Waals surface area contributed by atoms with Crippen LogP contribution in [0.1, 0.15) is 25.6 Å². The molecule has 0 radical (unpaired) electrons. The van der Waals surface area contributed by atoms with Crippen molar-refractivity contribution >= 4 is 11.3 Å². The number of ether oxygens (including phenoxy) is 1. The molecule has 2 aromatic rings. The first-order valence-corrected chi connectivity index (χ1v) is 7.91. The minimum Gasteiger partial charge on any atom is -0.375 e. The zero-order valence-corrected chi connectivity index (χ0v) is 13.3. The Labute approximate surface area is 125 Å². The van der Waals surface area contributed by atoms with Gasteiger partial charge in [-0.25, -0.2) is 0 Å². The smallest absolute Gasteiger partial charge is 0.0750 e. The summed E-state index contributed by atoms with van der Waals surface area (Å²) >= 11 is 1.85. The number of thiophene rings is 1. The summed E-state index contributed by atoms with van der Waals surface area (Å²) in [6.45, 7) is 8.78. The largest absolute Gasteiger partial charge is 0.375 e. The van der Waals surface area contributed by atoms with Crippen molar-refractivity contribution in [3.8, 4) is 10.4 Å². The first-order valence-electron chi connectivity index (χ1n) is 7.09. The van der Waals surface area contributed by atoms with Crippen molar-refractivity contribution < 1.29 is 4.74 Å². The second-order valence-electron chi connectivity index (χ2n) is 5.43. The predicted molar refractivity (Wildman–Crippen MR) is 87.2 cm³/mol. The van der Waals surface area contributed by atoms with Crippen molar-refractivity contribution in [2.45, 2.75) is 32.9 Å². The van der Waals surface area contributed by atoms with E-state index >= 15 is 0 Å². The summed E-state index contributed by atoms with van der Waals surface area (Å²) in [6, 6.07) is 14.9. The third-order valence-corrected chi connectivity index (χ3v) is 4.24. The van der Waals surface area contributed by atoms with Crippen molar-refractivity contribution in [3.05, 3.63) is 47.3 Å². The van der Waals surface area contributed by atoms with Gasteiger partial charge in [-0.05, 0) is 38.5 Å². The molecular weight excluding hydrogens is 266 g/mol. The van der Waals surface area contributed by atoms with Gasteiger partial charge < -0.3 is 10.1 Å². The average molecular weight is 289 g/mol. The van der Waals surface area contributed by atoms with E-state index in [4.69, 9.17) is 4.74 Å². The maximum absolute atomic E-state index is 5.68. The fraction of sp³-hybridized carbons (Fsp3) is 0.412. The zero-order valence-electron chi connectivity index (χ0n) is 12.5. The van der Waals surface area contributed by atoms with Gasteiger partial charge in [-0.15, -0.1) is 11.3 Å². The lowest BCUT2D eigenvalue weighted by atomic mass is 10.1. The molecular formula is C17H23NOS. The lowest BCUT2D eigenvalue weighted by Gasteiger charge is -2.24. The summed E-state index contributed by atoms with van der Waals surface area (Å²) < 4.78 is 5.68. The van der Waals surface area contributed by atoms with Crippen LogP contribution in [0.5, 0.6) is 0 Å². The van der Waals surface area contributed by atoms with Crippen LogP contribution in [0.2, 0.25) is 0 Å². The highest BCUT2D eigenvalue weighted by molar-refractivity contribution is 7.15. The summed E-state index contributed by atoms with van der Waals surface area (Å²) in [5.74, 6) is 0. The summed E-state index contributed by atoms with van der Waals surface area (Å²) in [5, 5.41) is 3.48. The normalized spacial score (nSPS) is 11.8. The van der Waals surface area contributed by atoms with Crippen molar-refractivity contribution in [1.82, 2.24) is 5.32 Å². The van der Waals surface area contributed by atoms with Crippen LogP contribution >= 0.6 is 11.3 Å². The Morgan fingerprint density at radius 2 is 1.85 bits per heavy atom. The van der Waals surface area contributed by atoms with Crippen molar-refractivity contribution in [2.75, 3.05) is 13.2 Å². The van der Waals surface area contributed by atoms with Gasteiger partial charge >= 0.3 is 0 Å². The van der Waals surface area contributed by atoms with Crippen LogP contribution in [-0.4, -0.2) is 18.8 Å². The zero-order chi connectivity index (χ0) is 14.4. The number of benzene rings is 1. The Hall–Kier alpha value is -1.16. The monoisotopic (exact) mass is 289 g/mol. The standard InChI is InChI=1S/C17H23NOS/c1-4-19-17(2,3)13-18-12-15-10-11-16(20-15)14-8-6-5-7-9-14/h5-11,18H,4,12-13H2,1-3H3. The van der Waals surface area contributed by atoms with E-state index in [1.54, 1.807) is 0 Å². The number of nitrogens with one attached hydrogen (secondary N) is 1. The highest BCUT2D eigenvalue weighted by Crippen LogP contribution is 2.27. The van der Waals surface area contributed by atoms with Crippen LogP contribution < -0.4 is 5.32 Å². The van der Waals surface area contributed by atoms with Crippen LogP contribution in [0.15, 0.2) is 42.5 Å². The predicted octanol–water partition coefficient (Wildman–Crippen LogP) is 4.32. The Balaban J connectivity index is 1.88. The van der Waals surface area contributed by atoms with Crippen LogP contribution in [0, 0.1) is 0 Å². The average Bonchev–Trinajstić information content (AvgIpc) is 2.88. The van der Waals surface area contributed by atoms with Crippen LogP contribution in [0.3, 0.4) is 0 Å². The maximum Gasteiger partial charge on any atom is 0.0750 e. The van der Waals surface area contributed by atoms with E-state index in [0.717, 1.165) is 19.7 Å². The molecule has 108 valence electrons. The molecule has 20 heavy (non-hydrogen) atoms. The molecule has 1 heterocycles. The van der Waals surface area contributed by atoms with Gasteiger partial charge in [-0.2, -0.15) is 0 Å². The molecule has 1 aromatic heterocycles. The second kappa shape index (κ2) is 7.02. The molecule has 3 heteroatoms. The quantitative estimate of drug-likeness (QED) is 0.819. The van der Waals surface area contributed by atoms with E-state index in [1.165, 1.54) is 15.3 Å². The van der Waals surface area contributed by atoms with Gasteiger partial charge in [0.15, 0.2) is 0 Å². The molecule has 0 unspecified atom stereocenters.